The molecule has 3 N–H and O–H groups in total. The Morgan fingerprint density at radius 1 is 1.17 bits per heavy atom. The van der Waals surface area contributed by atoms with Gasteiger partial charge in [0.15, 0.2) is 0 Å². The second-order valence-electron chi connectivity index (χ2n) is 7.74. The van der Waals surface area contributed by atoms with Crippen LogP contribution in [0.5, 0.6) is 0 Å². The van der Waals surface area contributed by atoms with Gasteiger partial charge in [-0.15, -0.1) is 0 Å². The number of hydrogen-bond donors (Lipinski definition) is 3. The summed E-state index contributed by atoms with van der Waals surface area (Å²) in [6.45, 7) is 8.14. The van der Waals surface area contributed by atoms with Gasteiger partial charge in [0.25, 0.3) is 5.91 Å². The maximum atomic E-state index is 12.1. The zero-order valence-corrected chi connectivity index (χ0v) is 21.2. The summed E-state index contributed by atoms with van der Waals surface area (Å²) < 4.78 is 6.23. The lowest BCUT2D eigenvalue weighted by Crippen LogP contribution is -2.22. The molecule has 0 heterocycles. The number of benzene rings is 2. The van der Waals surface area contributed by atoms with Crippen LogP contribution in [0.2, 0.25) is 25.7 Å². The van der Waals surface area contributed by atoms with Gasteiger partial charge in [0.1, 0.15) is 10.4 Å². The Hall–Kier alpha value is -1.36. The lowest BCUT2D eigenvalue weighted by molar-refractivity contribution is 0.0960. The van der Waals surface area contributed by atoms with Gasteiger partial charge in [-0.3, -0.25) is 10.2 Å². The van der Waals surface area contributed by atoms with E-state index in [-0.39, 0.29) is 5.91 Å². The van der Waals surface area contributed by atoms with Crippen molar-refractivity contribution in [1.82, 2.24) is 5.32 Å². The first-order valence-corrected chi connectivity index (χ1v) is 15.0. The van der Waals surface area contributed by atoms with Gasteiger partial charge < -0.3 is 15.4 Å². The Kier molecular flexibility index (Phi) is 9.19. The minimum absolute atomic E-state index is 0.104. The normalized spacial score (nSPS) is 11.2. The number of amides is 1. The van der Waals surface area contributed by atoms with Gasteiger partial charge in [-0.25, -0.2) is 0 Å². The van der Waals surface area contributed by atoms with E-state index < -0.39 is 8.07 Å². The lowest BCUT2D eigenvalue weighted by atomic mass is 10.2. The van der Waals surface area contributed by atoms with E-state index in [0.29, 0.717) is 16.0 Å². The smallest absolute Gasteiger partial charge is 0.252 e. The standard InChI is InChI=1S/C21H28IN3O2SSi/c1-24-21(26)17-7-5-6-8-19(17)28-15-9-10-16(20(22)23)18(13-15)25-14-27-11-12-29(2,3)4/h5-10,13,23,25H,11-12,14H2,1-4H3,(H,24,26). The van der Waals surface area contributed by atoms with Gasteiger partial charge in [0, 0.05) is 42.8 Å². The summed E-state index contributed by atoms with van der Waals surface area (Å²) in [4.78, 5) is 14.0. The van der Waals surface area contributed by atoms with Gasteiger partial charge >= 0.3 is 0 Å². The summed E-state index contributed by atoms with van der Waals surface area (Å²) >= 11 is 3.55. The van der Waals surface area contributed by atoms with Gasteiger partial charge in [-0.1, -0.05) is 43.5 Å². The molecule has 2 aromatic carbocycles. The maximum Gasteiger partial charge on any atom is 0.252 e. The average molecular weight is 542 g/mol. The Morgan fingerprint density at radius 3 is 2.55 bits per heavy atom. The predicted molar refractivity (Wildman–Crippen MR) is 134 cm³/mol. The minimum Gasteiger partial charge on any atom is -0.362 e. The molecule has 2 rings (SSSR count). The topological polar surface area (TPSA) is 74.2 Å². The molecule has 0 aromatic heterocycles. The van der Waals surface area contributed by atoms with Gasteiger partial charge in [0.05, 0.1) is 5.56 Å². The van der Waals surface area contributed by atoms with Crippen LogP contribution in [0, 0.1) is 5.41 Å². The first-order chi connectivity index (χ1) is 13.7. The van der Waals surface area contributed by atoms with Crippen molar-refractivity contribution in [3.05, 3.63) is 53.6 Å². The van der Waals surface area contributed by atoms with Crippen LogP contribution in [-0.4, -0.2) is 38.1 Å². The van der Waals surface area contributed by atoms with E-state index in [0.717, 1.165) is 33.7 Å². The molecule has 0 atom stereocenters. The Labute approximate surface area is 192 Å². The van der Waals surface area contributed by atoms with Crippen molar-refractivity contribution in [2.45, 2.75) is 35.5 Å². The molecule has 0 saturated heterocycles. The first-order valence-electron chi connectivity index (χ1n) is 9.40. The number of anilines is 1. The van der Waals surface area contributed by atoms with Crippen LogP contribution in [0.1, 0.15) is 15.9 Å². The number of nitrogens with one attached hydrogen (secondary N) is 3. The number of rotatable bonds is 10. The molecule has 0 aliphatic carbocycles. The van der Waals surface area contributed by atoms with Crippen LogP contribution in [0.25, 0.3) is 0 Å². The molecule has 2 aromatic rings. The molecule has 156 valence electrons. The fourth-order valence-electron chi connectivity index (χ4n) is 2.51. The molecule has 0 aliphatic rings. The monoisotopic (exact) mass is 541 g/mol. The SMILES string of the molecule is CNC(=O)c1ccccc1Sc1ccc(C(=N)I)c(NCOCC[Si](C)(C)C)c1. The highest BCUT2D eigenvalue weighted by Gasteiger charge is 2.14. The van der Waals surface area contributed by atoms with E-state index in [1.807, 2.05) is 65.1 Å². The molecule has 5 nitrogen and oxygen atoms in total. The van der Waals surface area contributed by atoms with Gasteiger partial charge in [-0.05, 0) is 59.0 Å². The zero-order valence-electron chi connectivity index (χ0n) is 17.3. The van der Waals surface area contributed by atoms with Gasteiger partial charge in [0.2, 0.25) is 0 Å². The summed E-state index contributed by atoms with van der Waals surface area (Å²) in [5.74, 6) is -0.104. The Bertz CT molecular complexity index is 871. The highest BCUT2D eigenvalue weighted by molar-refractivity contribution is 14.1. The fourth-order valence-corrected chi connectivity index (χ4v) is 4.72. The summed E-state index contributed by atoms with van der Waals surface area (Å²) in [5.41, 5.74) is 2.35. The van der Waals surface area contributed by atoms with Crippen molar-refractivity contribution in [3.8, 4) is 0 Å². The van der Waals surface area contributed by atoms with E-state index in [4.69, 9.17) is 10.1 Å². The van der Waals surface area contributed by atoms with E-state index in [1.54, 1.807) is 7.05 Å². The molecule has 29 heavy (non-hydrogen) atoms. The molecule has 8 heteroatoms. The van der Waals surface area contributed by atoms with E-state index in [2.05, 4.69) is 30.3 Å². The maximum absolute atomic E-state index is 12.1. The highest BCUT2D eigenvalue weighted by Crippen LogP contribution is 2.33. The van der Waals surface area contributed by atoms with Gasteiger partial charge in [-0.2, -0.15) is 0 Å². The molecule has 0 spiro atoms. The summed E-state index contributed by atoms with van der Waals surface area (Å²) in [5, 5.41) is 14.0. The second kappa shape index (κ2) is 11.1. The number of carbonyl (C=O) groups is 1. The molecule has 0 radical (unpaired) electrons. The molecule has 0 aliphatic heterocycles. The number of halogens is 1. The molecule has 0 saturated carbocycles. The third kappa shape index (κ3) is 7.76. The molecular weight excluding hydrogens is 513 g/mol. The van der Waals surface area contributed by atoms with Crippen LogP contribution < -0.4 is 10.6 Å². The van der Waals surface area contributed by atoms with Crippen molar-refractivity contribution in [2.24, 2.45) is 0 Å². The molecule has 0 unspecified atom stereocenters. The summed E-state index contributed by atoms with van der Waals surface area (Å²) in [6.07, 6.45) is 0. The Balaban J connectivity index is 2.14. The largest absolute Gasteiger partial charge is 0.362 e. The average Bonchev–Trinajstić information content (AvgIpc) is 2.66. The summed E-state index contributed by atoms with van der Waals surface area (Å²) in [6, 6.07) is 14.6. The van der Waals surface area contributed by atoms with Crippen molar-refractivity contribution in [2.75, 3.05) is 25.7 Å². The molecule has 0 fully saturated rings. The van der Waals surface area contributed by atoms with Crippen LogP contribution in [-0.2, 0) is 4.74 Å². The predicted octanol–water partition coefficient (Wildman–Crippen LogP) is 5.68. The first kappa shape index (κ1) is 23.9. The van der Waals surface area contributed by atoms with Crippen molar-refractivity contribution < 1.29 is 9.53 Å². The second-order valence-corrected chi connectivity index (χ2v) is 15.6. The molecule has 0 bridgehead atoms. The third-order valence-corrected chi connectivity index (χ3v) is 7.53. The Morgan fingerprint density at radius 2 is 1.90 bits per heavy atom. The van der Waals surface area contributed by atoms with Crippen molar-refractivity contribution in [3.63, 3.8) is 0 Å². The number of hydrogen-bond acceptors (Lipinski definition) is 5. The van der Waals surface area contributed by atoms with Crippen LogP contribution in [0.3, 0.4) is 0 Å². The van der Waals surface area contributed by atoms with E-state index in [1.165, 1.54) is 11.8 Å². The van der Waals surface area contributed by atoms with E-state index >= 15 is 0 Å². The quantitative estimate of drug-likeness (QED) is 0.119. The van der Waals surface area contributed by atoms with Crippen LogP contribution in [0.4, 0.5) is 5.69 Å². The fraction of sp³-hybridized carbons (Fsp3) is 0.333. The zero-order chi connectivity index (χ0) is 21.4. The van der Waals surface area contributed by atoms with Crippen LogP contribution >= 0.6 is 34.4 Å². The van der Waals surface area contributed by atoms with E-state index in [9.17, 15) is 4.79 Å². The summed E-state index contributed by atoms with van der Waals surface area (Å²) in [7, 11) is 0.524. The number of carbonyl (C=O) groups excluding carboxylic acids is 1. The molecule has 1 amide bonds. The highest BCUT2D eigenvalue weighted by atomic mass is 127. The number of ether oxygens (including phenoxy) is 1. The van der Waals surface area contributed by atoms with Crippen molar-refractivity contribution >= 4 is 57.7 Å². The van der Waals surface area contributed by atoms with Crippen molar-refractivity contribution in [1.29, 1.82) is 5.41 Å². The lowest BCUT2D eigenvalue weighted by Gasteiger charge is -2.17. The third-order valence-electron chi connectivity index (χ3n) is 4.18. The van der Waals surface area contributed by atoms with Crippen LogP contribution in [0.15, 0.2) is 52.3 Å². The minimum atomic E-state index is -1.11. The molecular formula is C21H28IN3O2SSi.